The zero-order valence-electron chi connectivity index (χ0n) is 8.99. The van der Waals surface area contributed by atoms with Gasteiger partial charge in [-0.05, 0) is 23.3 Å². The summed E-state index contributed by atoms with van der Waals surface area (Å²) in [5, 5.41) is 0. The van der Waals surface area contributed by atoms with Crippen molar-refractivity contribution in [2.24, 2.45) is 5.73 Å². The van der Waals surface area contributed by atoms with Crippen molar-refractivity contribution in [3.63, 3.8) is 0 Å². The molecule has 0 aromatic heterocycles. The summed E-state index contributed by atoms with van der Waals surface area (Å²) >= 11 is 1.90. The van der Waals surface area contributed by atoms with Crippen LogP contribution in [-0.2, 0) is 6.42 Å². The van der Waals surface area contributed by atoms with Gasteiger partial charge in [0.05, 0.1) is 0 Å². The van der Waals surface area contributed by atoms with E-state index in [9.17, 15) is 0 Å². The molecule has 1 aromatic carbocycles. The van der Waals surface area contributed by atoms with Crippen molar-refractivity contribution in [1.29, 1.82) is 0 Å². The molecule has 0 heterocycles. The summed E-state index contributed by atoms with van der Waals surface area (Å²) in [5.74, 6) is 2.16. The van der Waals surface area contributed by atoms with E-state index in [4.69, 9.17) is 5.73 Å². The van der Waals surface area contributed by atoms with Gasteiger partial charge in [-0.15, -0.1) is 0 Å². The second-order valence-corrected chi connectivity index (χ2v) is 4.68. The number of nitrogens with two attached hydrogens (primary N) is 1. The number of hydrogen-bond donors (Lipinski definition) is 1. The average molecular weight is 209 g/mol. The van der Waals surface area contributed by atoms with Gasteiger partial charge in [0.15, 0.2) is 0 Å². The van der Waals surface area contributed by atoms with Crippen LogP contribution in [0.1, 0.15) is 31.0 Å². The lowest BCUT2D eigenvalue weighted by Gasteiger charge is -2.12. The largest absolute Gasteiger partial charge is 0.323 e. The van der Waals surface area contributed by atoms with Crippen LogP contribution < -0.4 is 5.73 Å². The summed E-state index contributed by atoms with van der Waals surface area (Å²) in [7, 11) is 0. The third kappa shape index (κ3) is 3.35. The molecule has 0 fully saturated rings. The highest BCUT2D eigenvalue weighted by Gasteiger charge is 2.05. The molecule has 1 rings (SSSR count). The monoisotopic (exact) mass is 209 g/mol. The predicted molar refractivity (Wildman–Crippen MR) is 65.7 cm³/mol. The predicted octanol–water partition coefficient (Wildman–Crippen LogP) is 3.00. The van der Waals surface area contributed by atoms with Crippen LogP contribution in [0, 0.1) is 0 Å². The molecule has 14 heavy (non-hydrogen) atoms. The van der Waals surface area contributed by atoms with Crippen LogP contribution in [0.15, 0.2) is 24.3 Å². The van der Waals surface area contributed by atoms with Gasteiger partial charge in [-0.2, -0.15) is 11.8 Å². The molecule has 0 radical (unpaired) electrons. The Labute approximate surface area is 91.1 Å². The van der Waals surface area contributed by atoms with Gasteiger partial charge in [0.25, 0.3) is 0 Å². The Balaban J connectivity index is 2.64. The fraction of sp³-hybridized carbons (Fsp3) is 0.500. The fourth-order valence-corrected chi connectivity index (χ4v) is 2.07. The number of hydrogen-bond acceptors (Lipinski definition) is 2. The first kappa shape index (κ1) is 11.6. The van der Waals surface area contributed by atoms with Gasteiger partial charge in [-0.1, -0.05) is 38.1 Å². The minimum absolute atomic E-state index is 0.187. The number of benzene rings is 1. The first-order valence-corrected chi connectivity index (χ1v) is 6.35. The second kappa shape index (κ2) is 6.10. The van der Waals surface area contributed by atoms with Gasteiger partial charge in [0.1, 0.15) is 0 Å². The molecule has 0 bridgehead atoms. The third-order valence-electron chi connectivity index (χ3n) is 2.29. The zero-order valence-corrected chi connectivity index (χ0v) is 9.81. The summed E-state index contributed by atoms with van der Waals surface area (Å²) in [6.07, 6.45) is 1.08. The molecule has 2 N–H and O–H groups in total. The van der Waals surface area contributed by atoms with Crippen LogP contribution >= 0.6 is 11.8 Å². The second-order valence-electron chi connectivity index (χ2n) is 3.36. The van der Waals surface area contributed by atoms with Crippen molar-refractivity contribution < 1.29 is 0 Å². The van der Waals surface area contributed by atoms with E-state index in [0.717, 1.165) is 17.9 Å². The van der Waals surface area contributed by atoms with E-state index >= 15 is 0 Å². The Kier molecular flexibility index (Phi) is 5.05. The summed E-state index contributed by atoms with van der Waals surface area (Å²) in [6.45, 7) is 4.34. The molecule has 0 saturated heterocycles. The quantitative estimate of drug-likeness (QED) is 0.806. The molecular formula is C12H19NS. The van der Waals surface area contributed by atoms with E-state index in [1.165, 1.54) is 11.1 Å². The lowest BCUT2D eigenvalue weighted by molar-refractivity contribution is 0.828. The highest BCUT2D eigenvalue weighted by molar-refractivity contribution is 7.99. The highest BCUT2D eigenvalue weighted by Crippen LogP contribution is 2.17. The lowest BCUT2D eigenvalue weighted by atomic mass is 10.0. The molecule has 0 amide bonds. The first-order valence-electron chi connectivity index (χ1n) is 5.20. The molecular weight excluding hydrogens is 190 g/mol. The van der Waals surface area contributed by atoms with Gasteiger partial charge >= 0.3 is 0 Å². The van der Waals surface area contributed by atoms with E-state index in [1.54, 1.807) is 0 Å². The number of rotatable bonds is 5. The number of aryl methyl sites for hydroxylation is 1. The van der Waals surface area contributed by atoms with Gasteiger partial charge in [0, 0.05) is 11.8 Å². The van der Waals surface area contributed by atoms with E-state index in [-0.39, 0.29) is 6.04 Å². The molecule has 0 saturated carbocycles. The van der Waals surface area contributed by atoms with Crippen LogP contribution in [0.25, 0.3) is 0 Å². The maximum Gasteiger partial charge on any atom is 0.0386 e. The van der Waals surface area contributed by atoms with Crippen LogP contribution in [0.3, 0.4) is 0 Å². The van der Waals surface area contributed by atoms with Gasteiger partial charge in [-0.3, -0.25) is 0 Å². The van der Waals surface area contributed by atoms with Crippen molar-refractivity contribution in [3.8, 4) is 0 Å². The van der Waals surface area contributed by atoms with Gasteiger partial charge in [-0.25, -0.2) is 0 Å². The van der Waals surface area contributed by atoms with Crippen LogP contribution in [-0.4, -0.2) is 11.5 Å². The topological polar surface area (TPSA) is 26.0 Å². The summed E-state index contributed by atoms with van der Waals surface area (Å²) in [4.78, 5) is 0. The Hall–Kier alpha value is -0.470. The van der Waals surface area contributed by atoms with E-state index in [1.807, 2.05) is 11.8 Å². The van der Waals surface area contributed by atoms with Crippen molar-refractivity contribution in [1.82, 2.24) is 0 Å². The minimum Gasteiger partial charge on any atom is -0.323 e. The zero-order chi connectivity index (χ0) is 10.4. The van der Waals surface area contributed by atoms with Gasteiger partial charge < -0.3 is 5.73 Å². The van der Waals surface area contributed by atoms with E-state index < -0.39 is 0 Å². The Morgan fingerprint density at radius 2 is 2.14 bits per heavy atom. The van der Waals surface area contributed by atoms with Gasteiger partial charge in [0.2, 0.25) is 0 Å². The summed E-state index contributed by atoms with van der Waals surface area (Å²) in [5.41, 5.74) is 8.73. The van der Waals surface area contributed by atoms with Crippen molar-refractivity contribution in [3.05, 3.63) is 35.4 Å². The maximum absolute atomic E-state index is 6.08. The van der Waals surface area contributed by atoms with Crippen LogP contribution in [0.5, 0.6) is 0 Å². The normalized spacial score (nSPS) is 12.8. The maximum atomic E-state index is 6.08. The molecule has 0 spiro atoms. The van der Waals surface area contributed by atoms with Crippen LogP contribution in [0.2, 0.25) is 0 Å². The Morgan fingerprint density at radius 3 is 2.79 bits per heavy atom. The summed E-state index contributed by atoms with van der Waals surface area (Å²) < 4.78 is 0. The SMILES string of the molecule is CCSCC(N)c1cccc(CC)c1. The molecule has 1 nitrogen and oxygen atoms in total. The van der Waals surface area contributed by atoms with E-state index in [0.29, 0.717) is 0 Å². The minimum atomic E-state index is 0.187. The molecule has 0 aliphatic heterocycles. The van der Waals surface area contributed by atoms with Crippen molar-refractivity contribution >= 4 is 11.8 Å². The molecule has 2 heteroatoms. The van der Waals surface area contributed by atoms with Crippen molar-refractivity contribution in [2.45, 2.75) is 26.3 Å². The number of thioether (sulfide) groups is 1. The molecule has 1 aromatic rings. The first-order chi connectivity index (χ1) is 6.77. The lowest BCUT2D eigenvalue weighted by Crippen LogP contribution is -2.13. The third-order valence-corrected chi connectivity index (χ3v) is 3.29. The van der Waals surface area contributed by atoms with Crippen molar-refractivity contribution in [2.75, 3.05) is 11.5 Å². The Bertz CT molecular complexity index is 273. The Morgan fingerprint density at radius 1 is 1.36 bits per heavy atom. The smallest absolute Gasteiger partial charge is 0.0386 e. The highest BCUT2D eigenvalue weighted by atomic mass is 32.2. The van der Waals surface area contributed by atoms with E-state index in [2.05, 4.69) is 38.1 Å². The molecule has 1 unspecified atom stereocenters. The molecule has 0 aliphatic rings. The van der Waals surface area contributed by atoms with Crippen LogP contribution in [0.4, 0.5) is 0 Å². The molecule has 78 valence electrons. The average Bonchev–Trinajstić information content (AvgIpc) is 2.26. The summed E-state index contributed by atoms with van der Waals surface area (Å²) in [6, 6.07) is 8.79. The fourth-order valence-electron chi connectivity index (χ4n) is 1.38. The molecule has 1 atom stereocenters. The standard InChI is InChI=1S/C12H19NS/c1-3-10-6-5-7-11(8-10)12(13)9-14-4-2/h5-8,12H,3-4,9,13H2,1-2H3. The molecule has 0 aliphatic carbocycles.